The smallest absolute Gasteiger partial charge is 0.443 e. The number of urea groups is 1. The number of nitrogens with zero attached hydrogens (tertiary/aromatic N) is 1. The topological polar surface area (TPSA) is 105 Å². The standard InChI is InChI=1S/C23H39N3O5S/c1-4-5-6-7-8-9-10-11-12-16-19-24-22(27)25-26(23(28)31-20(2)3)32(29,30)21-17-14-13-15-18-21/h13-15,17-18,20H,4-12,16,19H2,1-3H3,(H2,24,25,27). The fourth-order valence-electron chi connectivity index (χ4n) is 3.10. The lowest BCUT2D eigenvalue weighted by Crippen LogP contribution is -2.53. The van der Waals surface area contributed by atoms with Gasteiger partial charge in [-0.2, -0.15) is 8.42 Å². The van der Waals surface area contributed by atoms with Crippen molar-refractivity contribution in [3.05, 3.63) is 30.3 Å². The Morgan fingerprint density at radius 1 is 0.906 bits per heavy atom. The summed E-state index contributed by atoms with van der Waals surface area (Å²) < 4.78 is 30.9. The van der Waals surface area contributed by atoms with E-state index in [2.05, 4.69) is 17.7 Å². The van der Waals surface area contributed by atoms with Crippen LogP contribution in [0, 0.1) is 0 Å². The number of hydrazine groups is 1. The minimum atomic E-state index is -4.31. The summed E-state index contributed by atoms with van der Waals surface area (Å²) in [6, 6.07) is 6.63. The van der Waals surface area contributed by atoms with E-state index in [0.29, 0.717) is 6.54 Å². The SMILES string of the molecule is CCCCCCCCCCCCNC(=O)NN(C(=O)OC(C)C)S(=O)(=O)c1ccccc1. The summed E-state index contributed by atoms with van der Waals surface area (Å²) >= 11 is 0. The molecule has 9 heteroatoms. The summed E-state index contributed by atoms with van der Waals surface area (Å²) in [5, 5.41) is 2.61. The van der Waals surface area contributed by atoms with Gasteiger partial charge in [-0.15, -0.1) is 4.41 Å². The van der Waals surface area contributed by atoms with Crippen molar-refractivity contribution in [2.75, 3.05) is 6.54 Å². The van der Waals surface area contributed by atoms with E-state index in [1.54, 1.807) is 19.9 Å². The van der Waals surface area contributed by atoms with Crippen LogP contribution in [0.3, 0.4) is 0 Å². The Kier molecular flexibility index (Phi) is 13.4. The van der Waals surface area contributed by atoms with Crippen LogP contribution in [0.4, 0.5) is 9.59 Å². The van der Waals surface area contributed by atoms with Gasteiger partial charge < -0.3 is 10.1 Å². The molecule has 1 aromatic rings. The van der Waals surface area contributed by atoms with Crippen molar-refractivity contribution >= 4 is 22.1 Å². The molecule has 0 atom stereocenters. The van der Waals surface area contributed by atoms with Gasteiger partial charge in [0.15, 0.2) is 0 Å². The summed E-state index contributed by atoms with van der Waals surface area (Å²) in [7, 11) is -4.31. The predicted octanol–water partition coefficient (Wildman–Crippen LogP) is 5.36. The van der Waals surface area contributed by atoms with Crippen molar-refractivity contribution in [3.63, 3.8) is 0 Å². The molecule has 182 valence electrons. The summed E-state index contributed by atoms with van der Waals surface area (Å²) in [4.78, 5) is 24.5. The van der Waals surface area contributed by atoms with Gasteiger partial charge in [-0.3, -0.25) is 0 Å². The maximum absolute atomic E-state index is 12.8. The number of nitrogens with one attached hydrogen (secondary N) is 2. The minimum Gasteiger partial charge on any atom is -0.445 e. The van der Waals surface area contributed by atoms with Crippen LogP contribution in [0.5, 0.6) is 0 Å². The number of hydrogen-bond donors (Lipinski definition) is 2. The average Bonchev–Trinajstić information content (AvgIpc) is 2.75. The first-order valence-electron chi connectivity index (χ1n) is 11.6. The minimum absolute atomic E-state index is 0.129. The molecule has 0 unspecified atom stereocenters. The first kappa shape index (κ1) is 27.7. The fraction of sp³-hybridized carbons (Fsp3) is 0.652. The zero-order valence-corrected chi connectivity index (χ0v) is 20.5. The van der Waals surface area contributed by atoms with Gasteiger partial charge in [-0.05, 0) is 32.4 Å². The van der Waals surface area contributed by atoms with Crippen molar-refractivity contribution in [1.82, 2.24) is 15.2 Å². The molecule has 0 bridgehead atoms. The van der Waals surface area contributed by atoms with Crippen LogP contribution in [0.1, 0.15) is 85.0 Å². The van der Waals surface area contributed by atoms with Gasteiger partial charge in [0.1, 0.15) is 0 Å². The molecule has 1 rings (SSSR count). The van der Waals surface area contributed by atoms with Crippen LogP contribution in [0.25, 0.3) is 0 Å². The van der Waals surface area contributed by atoms with Gasteiger partial charge in [0.25, 0.3) is 10.0 Å². The van der Waals surface area contributed by atoms with Gasteiger partial charge in [0, 0.05) is 6.54 Å². The molecule has 0 spiro atoms. The molecule has 0 heterocycles. The number of amides is 3. The molecule has 3 amide bonds. The van der Waals surface area contributed by atoms with Gasteiger partial charge in [0.05, 0.1) is 11.0 Å². The number of carbonyl (C=O) groups excluding carboxylic acids is 2. The molecule has 2 N–H and O–H groups in total. The Morgan fingerprint density at radius 2 is 1.44 bits per heavy atom. The molecule has 0 aliphatic carbocycles. The third-order valence-electron chi connectivity index (χ3n) is 4.80. The fourth-order valence-corrected chi connectivity index (χ4v) is 4.25. The third-order valence-corrected chi connectivity index (χ3v) is 6.39. The largest absolute Gasteiger partial charge is 0.445 e. The number of benzene rings is 1. The number of rotatable bonds is 14. The van der Waals surface area contributed by atoms with Crippen LogP contribution in [-0.4, -0.2) is 37.6 Å². The second kappa shape index (κ2) is 15.5. The second-order valence-electron chi connectivity index (χ2n) is 8.06. The van der Waals surface area contributed by atoms with E-state index in [-0.39, 0.29) is 9.31 Å². The Bertz CT molecular complexity index is 769. The Hall–Kier alpha value is -2.29. The lowest BCUT2D eigenvalue weighted by molar-refractivity contribution is 0.0888. The number of hydrogen-bond acceptors (Lipinski definition) is 5. The molecule has 0 aromatic heterocycles. The van der Waals surface area contributed by atoms with E-state index < -0.39 is 28.3 Å². The number of ether oxygens (including phenoxy) is 1. The first-order chi connectivity index (χ1) is 15.3. The number of sulfonamides is 1. The third kappa shape index (κ3) is 10.8. The predicted molar refractivity (Wildman–Crippen MR) is 125 cm³/mol. The molecule has 32 heavy (non-hydrogen) atoms. The molecule has 0 radical (unpaired) electrons. The Balaban J connectivity index is 2.45. The quantitative estimate of drug-likeness (QED) is 0.282. The molecule has 0 saturated carbocycles. The van der Waals surface area contributed by atoms with Crippen molar-refractivity contribution in [2.45, 2.75) is 96.0 Å². The Labute approximate surface area is 193 Å². The molecule has 0 aliphatic rings. The van der Waals surface area contributed by atoms with Crippen LogP contribution in [0.15, 0.2) is 35.2 Å². The summed E-state index contributed by atoms with van der Waals surface area (Å²) in [6.45, 7) is 5.79. The molecule has 8 nitrogen and oxygen atoms in total. The van der Waals surface area contributed by atoms with E-state index in [0.717, 1.165) is 19.3 Å². The number of carbonyl (C=O) groups is 2. The van der Waals surface area contributed by atoms with Gasteiger partial charge in [0.2, 0.25) is 0 Å². The maximum atomic E-state index is 12.8. The van der Waals surface area contributed by atoms with Crippen molar-refractivity contribution in [2.24, 2.45) is 0 Å². The highest BCUT2D eigenvalue weighted by molar-refractivity contribution is 7.89. The molecule has 0 saturated heterocycles. The molecular formula is C23H39N3O5S. The first-order valence-corrected chi connectivity index (χ1v) is 13.1. The molecule has 0 aliphatic heterocycles. The van der Waals surface area contributed by atoms with Crippen molar-refractivity contribution in [3.8, 4) is 0 Å². The summed E-state index contributed by atoms with van der Waals surface area (Å²) in [5.41, 5.74) is 2.12. The van der Waals surface area contributed by atoms with Crippen molar-refractivity contribution < 1.29 is 22.7 Å². The monoisotopic (exact) mass is 469 g/mol. The number of unbranched alkanes of at least 4 members (excludes halogenated alkanes) is 9. The van der Waals surface area contributed by atoms with Crippen LogP contribution >= 0.6 is 0 Å². The maximum Gasteiger partial charge on any atom is 0.443 e. The van der Waals surface area contributed by atoms with E-state index in [1.807, 2.05) is 0 Å². The molecule has 1 aromatic carbocycles. The highest BCUT2D eigenvalue weighted by Gasteiger charge is 2.33. The van der Waals surface area contributed by atoms with E-state index in [4.69, 9.17) is 4.74 Å². The van der Waals surface area contributed by atoms with E-state index in [9.17, 15) is 18.0 Å². The van der Waals surface area contributed by atoms with E-state index >= 15 is 0 Å². The highest BCUT2D eigenvalue weighted by atomic mass is 32.2. The van der Waals surface area contributed by atoms with Gasteiger partial charge in [-0.1, -0.05) is 82.9 Å². The zero-order chi connectivity index (χ0) is 23.8. The van der Waals surface area contributed by atoms with Crippen LogP contribution in [0.2, 0.25) is 0 Å². The van der Waals surface area contributed by atoms with E-state index in [1.165, 1.54) is 69.2 Å². The lowest BCUT2D eigenvalue weighted by Gasteiger charge is -2.23. The highest BCUT2D eigenvalue weighted by Crippen LogP contribution is 2.15. The van der Waals surface area contributed by atoms with Crippen molar-refractivity contribution in [1.29, 1.82) is 0 Å². The second-order valence-corrected chi connectivity index (χ2v) is 9.85. The van der Waals surface area contributed by atoms with Gasteiger partial charge >= 0.3 is 12.1 Å². The molecule has 0 fully saturated rings. The summed E-state index contributed by atoms with van der Waals surface area (Å²) in [6.07, 6.45) is 10.0. The van der Waals surface area contributed by atoms with Crippen LogP contribution in [-0.2, 0) is 14.8 Å². The Morgan fingerprint density at radius 3 is 1.97 bits per heavy atom. The van der Waals surface area contributed by atoms with Gasteiger partial charge in [-0.25, -0.2) is 15.0 Å². The zero-order valence-electron chi connectivity index (χ0n) is 19.6. The van der Waals surface area contributed by atoms with Crippen LogP contribution < -0.4 is 10.7 Å². The average molecular weight is 470 g/mol. The lowest BCUT2D eigenvalue weighted by atomic mass is 10.1. The summed E-state index contributed by atoms with van der Waals surface area (Å²) in [5.74, 6) is 0. The molecular weight excluding hydrogens is 430 g/mol. The normalized spacial score (nSPS) is 11.2.